The van der Waals surface area contributed by atoms with Crippen molar-refractivity contribution in [1.29, 1.82) is 0 Å². The van der Waals surface area contributed by atoms with Crippen molar-refractivity contribution in [1.82, 2.24) is 0 Å². The predicted octanol–water partition coefficient (Wildman–Crippen LogP) is 5.62. The standard InChI is InChI=1S/C20H32O3/c1-2-3-13-16-19(21)17-14-11-9-7-5-4-6-8-10-12-15-18-20(22)23/h3,8-11,13H,2,4-7,12,14-18H2,1H3,(H,22,23)/b10-8-,11-9-,13-3-. The number of carbonyl (C=O) groups is 2. The number of aliphatic carboxylic acids is 1. The van der Waals surface area contributed by atoms with Gasteiger partial charge in [-0.05, 0) is 51.4 Å². The molecule has 23 heavy (non-hydrogen) atoms. The van der Waals surface area contributed by atoms with Crippen LogP contribution >= 0.6 is 0 Å². The van der Waals surface area contributed by atoms with Crippen molar-refractivity contribution in [3.05, 3.63) is 36.5 Å². The summed E-state index contributed by atoms with van der Waals surface area (Å²) in [6.45, 7) is 2.07. The van der Waals surface area contributed by atoms with Crippen LogP contribution in [0.4, 0.5) is 0 Å². The summed E-state index contributed by atoms with van der Waals surface area (Å²) in [6, 6.07) is 0. The lowest BCUT2D eigenvalue weighted by Crippen LogP contribution is -1.93. The van der Waals surface area contributed by atoms with E-state index in [1.54, 1.807) is 0 Å². The van der Waals surface area contributed by atoms with Crippen LogP contribution in [-0.2, 0) is 9.59 Å². The number of rotatable bonds is 15. The minimum Gasteiger partial charge on any atom is -0.481 e. The first-order valence-electron chi connectivity index (χ1n) is 8.85. The summed E-state index contributed by atoms with van der Waals surface area (Å²) in [5.74, 6) is -0.406. The zero-order valence-electron chi connectivity index (χ0n) is 14.5. The number of ketones is 1. The number of Topliss-reactive ketones (excluding diaryl/α,β-unsaturated/α-hetero) is 1. The molecule has 0 aromatic rings. The highest BCUT2D eigenvalue weighted by atomic mass is 16.4. The van der Waals surface area contributed by atoms with Crippen LogP contribution < -0.4 is 0 Å². The molecule has 0 aliphatic rings. The van der Waals surface area contributed by atoms with Crippen LogP contribution in [0.2, 0.25) is 0 Å². The Kier molecular flexibility index (Phi) is 15.5. The minimum absolute atomic E-state index is 0.256. The molecule has 3 nitrogen and oxygen atoms in total. The fourth-order valence-electron chi connectivity index (χ4n) is 2.09. The van der Waals surface area contributed by atoms with Gasteiger partial charge in [0.15, 0.2) is 0 Å². The summed E-state index contributed by atoms with van der Waals surface area (Å²) >= 11 is 0. The second-order valence-corrected chi connectivity index (χ2v) is 5.67. The van der Waals surface area contributed by atoms with Gasteiger partial charge in [-0.2, -0.15) is 0 Å². The van der Waals surface area contributed by atoms with Gasteiger partial charge in [-0.25, -0.2) is 0 Å². The first-order valence-corrected chi connectivity index (χ1v) is 8.85. The lowest BCUT2D eigenvalue weighted by Gasteiger charge is -1.95. The van der Waals surface area contributed by atoms with Gasteiger partial charge in [-0.15, -0.1) is 0 Å². The fraction of sp³-hybridized carbons (Fsp3) is 0.600. The van der Waals surface area contributed by atoms with Gasteiger partial charge in [-0.1, -0.05) is 43.4 Å². The predicted molar refractivity (Wildman–Crippen MR) is 96.5 cm³/mol. The quantitative estimate of drug-likeness (QED) is 0.315. The molecule has 3 heteroatoms. The van der Waals surface area contributed by atoms with Gasteiger partial charge in [0.25, 0.3) is 0 Å². The summed E-state index contributed by atoms with van der Waals surface area (Å²) in [7, 11) is 0. The Hall–Kier alpha value is -1.64. The Labute approximate surface area is 141 Å². The molecular formula is C20H32O3. The molecule has 0 amide bonds. The van der Waals surface area contributed by atoms with Gasteiger partial charge in [0.2, 0.25) is 0 Å². The number of carboxylic acids is 1. The van der Waals surface area contributed by atoms with Gasteiger partial charge in [0.05, 0.1) is 0 Å². The van der Waals surface area contributed by atoms with Gasteiger partial charge in [0.1, 0.15) is 5.78 Å². The smallest absolute Gasteiger partial charge is 0.303 e. The molecule has 0 aliphatic carbocycles. The average molecular weight is 320 g/mol. The molecule has 0 rings (SSSR count). The second-order valence-electron chi connectivity index (χ2n) is 5.67. The third kappa shape index (κ3) is 18.3. The topological polar surface area (TPSA) is 54.4 Å². The van der Waals surface area contributed by atoms with E-state index in [0.29, 0.717) is 18.6 Å². The molecule has 1 N–H and O–H groups in total. The SMILES string of the molecule is CC/C=C\CC(=O)CC/C=C\CCCC/C=C\CCCC(=O)O. The molecule has 0 aromatic heterocycles. The Balaban J connectivity index is 3.37. The lowest BCUT2D eigenvalue weighted by atomic mass is 10.1. The van der Waals surface area contributed by atoms with E-state index in [9.17, 15) is 9.59 Å². The van der Waals surface area contributed by atoms with E-state index < -0.39 is 5.97 Å². The average Bonchev–Trinajstić information content (AvgIpc) is 2.51. The Bertz CT molecular complexity index is 392. The van der Waals surface area contributed by atoms with Crippen molar-refractivity contribution in [2.75, 3.05) is 0 Å². The summed E-state index contributed by atoms with van der Waals surface area (Å²) in [6.07, 6.45) is 21.8. The molecule has 0 radical (unpaired) electrons. The van der Waals surface area contributed by atoms with Crippen LogP contribution in [-0.4, -0.2) is 16.9 Å². The maximum absolute atomic E-state index is 11.5. The number of hydrogen-bond acceptors (Lipinski definition) is 2. The summed E-state index contributed by atoms with van der Waals surface area (Å²) in [5, 5.41) is 8.50. The molecule has 0 saturated carbocycles. The third-order valence-corrected chi connectivity index (χ3v) is 3.42. The molecule has 0 aromatic carbocycles. The number of hydrogen-bond donors (Lipinski definition) is 1. The third-order valence-electron chi connectivity index (χ3n) is 3.42. The van der Waals surface area contributed by atoms with E-state index in [2.05, 4.69) is 31.2 Å². The first-order chi connectivity index (χ1) is 11.2. The van der Waals surface area contributed by atoms with Crippen LogP contribution in [0.25, 0.3) is 0 Å². The highest BCUT2D eigenvalue weighted by Crippen LogP contribution is 2.05. The first kappa shape index (κ1) is 21.4. The van der Waals surface area contributed by atoms with Crippen molar-refractivity contribution in [3.63, 3.8) is 0 Å². The van der Waals surface area contributed by atoms with Crippen LogP contribution in [0.15, 0.2) is 36.5 Å². The summed E-state index contributed by atoms with van der Waals surface area (Å²) < 4.78 is 0. The van der Waals surface area contributed by atoms with Gasteiger partial charge >= 0.3 is 5.97 Å². The second kappa shape index (κ2) is 16.7. The highest BCUT2D eigenvalue weighted by molar-refractivity contribution is 5.79. The number of carbonyl (C=O) groups excluding carboxylic acids is 1. The van der Waals surface area contributed by atoms with E-state index in [4.69, 9.17) is 5.11 Å². The molecule has 0 fully saturated rings. The van der Waals surface area contributed by atoms with E-state index >= 15 is 0 Å². The highest BCUT2D eigenvalue weighted by Gasteiger charge is 1.96. The Morgan fingerprint density at radius 3 is 1.87 bits per heavy atom. The molecule has 0 aliphatic heterocycles. The van der Waals surface area contributed by atoms with Crippen molar-refractivity contribution >= 4 is 11.8 Å². The fourth-order valence-corrected chi connectivity index (χ4v) is 2.09. The molecule has 130 valence electrons. The number of carboxylic acid groups (broad SMARTS) is 1. The molecule has 0 unspecified atom stereocenters. The van der Waals surface area contributed by atoms with Crippen molar-refractivity contribution in [2.45, 2.75) is 77.6 Å². The van der Waals surface area contributed by atoms with Gasteiger partial charge < -0.3 is 5.11 Å². The Morgan fingerprint density at radius 2 is 1.30 bits per heavy atom. The van der Waals surface area contributed by atoms with Gasteiger partial charge in [0, 0.05) is 19.3 Å². The summed E-state index contributed by atoms with van der Waals surface area (Å²) in [5.41, 5.74) is 0. The maximum Gasteiger partial charge on any atom is 0.303 e. The molecule has 0 bridgehead atoms. The largest absolute Gasteiger partial charge is 0.481 e. The number of unbranched alkanes of at least 4 members (excludes halogenated alkanes) is 4. The summed E-state index contributed by atoms with van der Waals surface area (Å²) in [4.78, 5) is 21.8. The molecule has 0 saturated heterocycles. The lowest BCUT2D eigenvalue weighted by molar-refractivity contribution is -0.137. The van der Waals surface area contributed by atoms with Crippen molar-refractivity contribution < 1.29 is 14.7 Å². The molecule has 0 heterocycles. The van der Waals surface area contributed by atoms with Crippen molar-refractivity contribution in [3.8, 4) is 0 Å². The van der Waals surface area contributed by atoms with Gasteiger partial charge in [-0.3, -0.25) is 9.59 Å². The normalized spacial score (nSPS) is 11.9. The zero-order valence-corrected chi connectivity index (χ0v) is 14.5. The van der Waals surface area contributed by atoms with E-state index in [1.807, 2.05) is 12.2 Å². The van der Waals surface area contributed by atoms with Crippen LogP contribution in [0, 0.1) is 0 Å². The van der Waals surface area contributed by atoms with E-state index in [0.717, 1.165) is 51.4 Å². The Morgan fingerprint density at radius 1 is 0.739 bits per heavy atom. The zero-order chi connectivity index (χ0) is 17.2. The van der Waals surface area contributed by atoms with Crippen LogP contribution in [0.1, 0.15) is 77.6 Å². The van der Waals surface area contributed by atoms with Crippen LogP contribution in [0.5, 0.6) is 0 Å². The van der Waals surface area contributed by atoms with E-state index in [-0.39, 0.29) is 6.42 Å². The van der Waals surface area contributed by atoms with Crippen LogP contribution in [0.3, 0.4) is 0 Å². The molecule has 0 spiro atoms. The monoisotopic (exact) mass is 320 g/mol. The number of allylic oxidation sites excluding steroid dienone is 6. The van der Waals surface area contributed by atoms with E-state index in [1.165, 1.54) is 0 Å². The molecule has 0 atom stereocenters. The van der Waals surface area contributed by atoms with Crippen molar-refractivity contribution in [2.24, 2.45) is 0 Å². The minimum atomic E-state index is -0.718. The molecular weight excluding hydrogens is 288 g/mol. The maximum atomic E-state index is 11.5.